The molecule has 0 aliphatic rings. The number of ether oxygens (including phenoxy) is 2. The van der Waals surface area contributed by atoms with E-state index in [4.69, 9.17) is 9.47 Å². The van der Waals surface area contributed by atoms with Gasteiger partial charge in [0.2, 0.25) is 11.8 Å². The molecule has 2 aromatic carbocycles. The fraction of sp³-hybridized carbons (Fsp3) is 0.364. The lowest BCUT2D eigenvalue weighted by molar-refractivity contribution is -0.140. The van der Waals surface area contributed by atoms with Crippen molar-refractivity contribution in [2.45, 2.75) is 32.4 Å². The molecule has 0 radical (unpaired) electrons. The number of carbonyl (C=O) groups is 2. The van der Waals surface area contributed by atoms with Gasteiger partial charge in [0.05, 0.1) is 13.7 Å². The maximum absolute atomic E-state index is 12.9. The molecule has 0 spiro atoms. The van der Waals surface area contributed by atoms with Crippen LogP contribution in [0.15, 0.2) is 53.0 Å². The molecule has 6 nitrogen and oxygen atoms in total. The van der Waals surface area contributed by atoms with Crippen LogP contribution in [0.25, 0.3) is 0 Å². The molecule has 156 valence electrons. The fourth-order valence-electron chi connectivity index (χ4n) is 2.85. The zero-order chi connectivity index (χ0) is 21.2. The zero-order valence-electron chi connectivity index (χ0n) is 17.0. The van der Waals surface area contributed by atoms with Crippen LogP contribution in [0.4, 0.5) is 0 Å². The van der Waals surface area contributed by atoms with Crippen LogP contribution in [0.3, 0.4) is 0 Å². The molecule has 0 aliphatic carbocycles. The molecule has 2 amide bonds. The van der Waals surface area contributed by atoms with Crippen LogP contribution in [0.2, 0.25) is 0 Å². The Morgan fingerprint density at radius 1 is 1.14 bits per heavy atom. The molecule has 0 saturated heterocycles. The number of halogens is 1. The molecule has 1 N–H and O–H groups in total. The summed E-state index contributed by atoms with van der Waals surface area (Å²) >= 11 is 3.44. The van der Waals surface area contributed by atoms with Gasteiger partial charge in [-0.25, -0.2) is 0 Å². The van der Waals surface area contributed by atoms with Crippen molar-refractivity contribution in [3.63, 3.8) is 0 Å². The lowest BCUT2D eigenvalue weighted by atomic mass is 10.1. The first kappa shape index (κ1) is 22.7. The second-order valence-electron chi connectivity index (χ2n) is 6.57. The topological polar surface area (TPSA) is 67.9 Å². The number of hydrogen-bond donors (Lipinski definition) is 1. The summed E-state index contributed by atoms with van der Waals surface area (Å²) in [7, 11) is 3.18. The van der Waals surface area contributed by atoms with E-state index in [-0.39, 0.29) is 11.8 Å². The summed E-state index contributed by atoms with van der Waals surface area (Å²) in [6.45, 7) is 2.52. The van der Waals surface area contributed by atoms with Gasteiger partial charge in [-0.2, -0.15) is 0 Å². The van der Waals surface area contributed by atoms with Gasteiger partial charge in [0.15, 0.2) is 0 Å². The largest absolute Gasteiger partial charge is 0.497 e. The second-order valence-corrected chi connectivity index (χ2v) is 7.49. The van der Waals surface area contributed by atoms with Crippen molar-refractivity contribution in [2.75, 3.05) is 20.8 Å². The van der Waals surface area contributed by atoms with E-state index in [0.29, 0.717) is 26.0 Å². The smallest absolute Gasteiger partial charge is 0.242 e. The van der Waals surface area contributed by atoms with Gasteiger partial charge in [0.25, 0.3) is 0 Å². The Morgan fingerprint density at radius 3 is 2.45 bits per heavy atom. The molecule has 0 fully saturated rings. The van der Waals surface area contributed by atoms with E-state index < -0.39 is 6.04 Å². The van der Waals surface area contributed by atoms with E-state index >= 15 is 0 Å². The molecule has 0 heterocycles. The first-order chi connectivity index (χ1) is 13.9. The number of nitrogens with one attached hydrogen (secondary N) is 1. The average molecular weight is 463 g/mol. The highest BCUT2D eigenvalue weighted by molar-refractivity contribution is 9.10. The molecule has 0 aromatic heterocycles. The monoisotopic (exact) mass is 462 g/mol. The highest BCUT2D eigenvalue weighted by atomic mass is 79.9. The van der Waals surface area contributed by atoms with Crippen molar-refractivity contribution in [1.29, 1.82) is 0 Å². The summed E-state index contributed by atoms with van der Waals surface area (Å²) in [5.41, 5.74) is 0.956. The van der Waals surface area contributed by atoms with E-state index in [2.05, 4.69) is 21.2 Å². The van der Waals surface area contributed by atoms with Crippen molar-refractivity contribution in [3.05, 3.63) is 58.6 Å². The normalized spacial score (nSPS) is 11.4. The molecule has 1 unspecified atom stereocenters. The molecule has 2 aromatic rings. The number of hydrogen-bond acceptors (Lipinski definition) is 4. The van der Waals surface area contributed by atoms with Gasteiger partial charge < -0.3 is 19.7 Å². The quantitative estimate of drug-likeness (QED) is 0.545. The van der Waals surface area contributed by atoms with E-state index in [0.717, 1.165) is 21.5 Å². The van der Waals surface area contributed by atoms with Crippen LogP contribution >= 0.6 is 15.9 Å². The number of benzene rings is 2. The predicted octanol–water partition coefficient (Wildman–Crippen LogP) is 3.78. The minimum Gasteiger partial charge on any atom is -0.497 e. The molecule has 1 atom stereocenters. The van der Waals surface area contributed by atoms with Gasteiger partial charge >= 0.3 is 0 Å². The average Bonchev–Trinajstić information content (AvgIpc) is 2.74. The maximum Gasteiger partial charge on any atom is 0.242 e. The van der Waals surface area contributed by atoms with Crippen LogP contribution in [0, 0.1) is 0 Å². The van der Waals surface area contributed by atoms with Gasteiger partial charge in [-0.1, -0.05) is 28.1 Å². The highest BCUT2D eigenvalue weighted by Crippen LogP contribution is 2.18. The lowest BCUT2D eigenvalue weighted by Crippen LogP contribution is -2.46. The third-order valence-corrected chi connectivity index (χ3v) is 5.01. The molecule has 29 heavy (non-hydrogen) atoms. The number of nitrogens with zero attached hydrogens (tertiary/aromatic N) is 1. The van der Waals surface area contributed by atoms with E-state index in [1.807, 2.05) is 48.5 Å². The number of rotatable bonds is 10. The maximum atomic E-state index is 12.9. The summed E-state index contributed by atoms with van der Waals surface area (Å²) in [6.07, 6.45) is 0.853. The van der Waals surface area contributed by atoms with Gasteiger partial charge in [0, 0.05) is 24.5 Å². The summed E-state index contributed by atoms with van der Waals surface area (Å²) in [5.74, 6) is 1.21. The zero-order valence-corrected chi connectivity index (χ0v) is 18.6. The first-order valence-electron chi connectivity index (χ1n) is 9.47. The highest BCUT2D eigenvalue weighted by Gasteiger charge is 2.25. The summed E-state index contributed by atoms with van der Waals surface area (Å²) < 4.78 is 11.7. The van der Waals surface area contributed by atoms with E-state index in [1.54, 1.807) is 26.0 Å². The lowest BCUT2D eigenvalue weighted by Gasteiger charge is -2.28. The van der Waals surface area contributed by atoms with E-state index in [9.17, 15) is 9.59 Å². The fourth-order valence-corrected chi connectivity index (χ4v) is 3.30. The van der Waals surface area contributed by atoms with Crippen LogP contribution in [0.1, 0.15) is 25.3 Å². The second kappa shape index (κ2) is 11.5. The van der Waals surface area contributed by atoms with Crippen molar-refractivity contribution < 1.29 is 19.1 Å². The number of likely N-dealkylation sites (N-methyl/N-ethyl adjacent to an activating group) is 1. The number of carbonyl (C=O) groups excluding carboxylic acids is 2. The summed E-state index contributed by atoms with van der Waals surface area (Å²) in [5, 5.41) is 2.62. The van der Waals surface area contributed by atoms with Gasteiger partial charge in [0.1, 0.15) is 17.5 Å². The SMILES string of the molecule is CNC(=O)C(C)N(Cc1cccc(Br)c1)C(=O)CCCOc1ccc(OC)cc1. The number of amides is 2. The Bertz CT molecular complexity index is 811. The summed E-state index contributed by atoms with van der Waals surface area (Å²) in [4.78, 5) is 26.6. The Labute approximate surface area is 180 Å². The number of methoxy groups -OCH3 is 1. The van der Waals surface area contributed by atoms with Crippen molar-refractivity contribution in [3.8, 4) is 11.5 Å². The van der Waals surface area contributed by atoms with Gasteiger partial charge in [-0.15, -0.1) is 0 Å². The molecule has 0 bridgehead atoms. The van der Waals surface area contributed by atoms with Crippen LogP contribution in [0.5, 0.6) is 11.5 Å². The van der Waals surface area contributed by atoms with Gasteiger partial charge in [-0.05, 0) is 55.3 Å². The Morgan fingerprint density at radius 2 is 1.83 bits per heavy atom. The van der Waals surface area contributed by atoms with E-state index in [1.165, 1.54) is 0 Å². The Hall–Kier alpha value is -2.54. The Kier molecular flexibility index (Phi) is 8.99. The molecule has 7 heteroatoms. The van der Waals surface area contributed by atoms with Crippen molar-refractivity contribution >= 4 is 27.7 Å². The first-order valence-corrected chi connectivity index (χ1v) is 10.3. The molecule has 2 rings (SSSR count). The van der Waals surface area contributed by atoms with Crippen molar-refractivity contribution in [2.24, 2.45) is 0 Å². The van der Waals surface area contributed by atoms with Gasteiger partial charge in [-0.3, -0.25) is 9.59 Å². The molecular weight excluding hydrogens is 436 g/mol. The summed E-state index contributed by atoms with van der Waals surface area (Å²) in [6, 6.07) is 14.5. The standard InChI is InChI=1S/C22H27BrN2O4/c1-16(22(27)24-2)25(15-17-6-4-7-18(23)14-17)21(26)8-5-13-29-20-11-9-19(28-3)10-12-20/h4,6-7,9-12,14,16H,5,8,13,15H2,1-3H3,(H,24,27). The minimum atomic E-state index is -0.561. The van der Waals surface area contributed by atoms with Crippen LogP contribution < -0.4 is 14.8 Å². The van der Waals surface area contributed by atoms with Crippen LogP contribution in [-0.4, -0.2) is 43.5 Å². The Balaban J connectivity index is 1.94. The molecule has 0 saturated carbocycles. The third-order valence-electron chi connectivity index (χ3n) is 4.52. The third kappa shape index (κ3) is 7.09. The minimum absolute atomic E-state index is 0.0839. The molecule has 0 aliphatic heterocycles. The molecular formula is C22H27BrN2O4. The van der Waals surface area contributed by atoms with Crippen molar-refractivity contribution in [1.82, 2.24) is 10.2 Å². The van der Waals surface area contributed by atoms with Crippen LogP contribution in [-0.2, 0) is 16.1 Å². The predicted molar refractivity (Wildman–Crippen MR) is 116 cm³/mol.